The Kier molecular flexibility index (Phi) is 4.62. The maximum atomic E-state index is 10.7. The van der Waals surface area contributed by atoms with Crippen molar-refractivity contribution in [3.05, 3.63) is 53.9 Å². The molecule has 1 aromatic heterocycles. The van der Waals surface area contributed by atoms with Gasteiger partial charge in [0.05, 0.1) is 25.1 Å². The number of allylic oxidation sites excluding steroid dienone is 1. The topological polar surface area (TPSA) is 83.8 Å². The lowest BCUT2D eigenvalue weighted by Gasteiger charge is -2.48. The summed E-state index contributed by atoms with van der Waals surface area (Å²) in [6, 6.07) is 7.38. The van der Waals surface area contributed by atoms with Crippen LogP contribution in [0.5, 0.6) is 17.2 Å². The van der Waals surface area contributed by atoms with Crippen LogP contribution in [0.1, 0.15) is 49.7 Å². The van der Waals surface area contributed by atoms with Crippen molar-refractivity contribution in [3.8, 4) is 17.2 Å². The number of aromatic nitrogens is 1. The molecule has 6 heteroatoms. The average molecular weight is 408 g/mol. The minimum absolute atomic E-state index is 0.0501. The van der Waals surface area contributed by atoms with Gasteiger partial charge in [-0.2, -0.15) is 0 Å². The lowest BCUT2D eigenvalue weighted by molar-refractivity contribution is -0.00832. The Morgan fingerprint density at radius 2 is 2.10 bits per heavy atom. The van der Waals surface area contributed by atoms with E-state index in [0.29, 0.717) is 29.3 Å². The fraction of sp³-hybridized carbons (Fsp3) is 0.458. The lowest BCUT2D eigenvalue weighted by atomic mass is 9.56. The molecule has 0 bridgehead atoms. The predicted octanol–water partition coefficient (Wildman–Crippen LogP) is 4.00. The van der Waals surface area contributed by atoms with Gasteiger partial charge in [-0.3, -0.25) is 4.98 Å². The molecule has 5 atom stereocenters. The number of hydroxylamine groups is 1. The van der Waals surface area contributed by atoms with Crippen LogP contribution in [0, 0.1) is 17.3 Å². The second kappa shape index (κ2) is 7.20. The molecule has 158 valence electrons. The van der Waals surface area contributed by atoms with Crippen LogP contribution in [0.2, 0.25) is 0 Å². The monoisotopic (exact) mass is 408 g/mol. The number of hydrogen-bond acceptors (Lipinski definition) is 6. The van der Waals surface area contributed by atoms with Gasteiger partial charge < -0.3 is 19.8 Å². The van der Waals surface area contributed by atoms with Gasteiger partial charge in [0.25, 0.3) is 0 Å². The van der Waals surface area contributed by atoms with Gasteiger partial charge in [0.1, 0.15) is 0 Å². The first kappa shape index (κ1) is 19.2. The predicted molar refractivity (Wildman–Crippen MR) is 113 cm³/mol. The summed E-state index contributed by atoms with van der Waals surface area (Å²) >= 11 is 0. The summed E-state index contributed by atoms with van der Waals surface area (Å²) in [5, 5.41) is 21.1. The first-order chi connectivity index (χ1) is 14.5. The van der Waals surface area contributed by atoms with E-state index >= 15 is 0 Å². The molecule has 0 amide bonds. The van der Waals surface area contributed by atoms with Crippen molar-refractivity contribution in [2.24, 2.45) is 17.3 Å². The van der Waals surface area contributed by atoms with Gasteiger partial charge in [-0.1, -0.05) is 13.0 Å². The van der Waals surface area contributed by atoms with Crippen molar-refractivity contribution < 1.29 is 19.8 Å². The molecule has 6 nitrogen and oxygen atoms in total. The minimum Gasteiger partial charge on any atom is -0.504 e. The summed E-state index contributed by atoms with van der Waals surface area (Å²) in [6.45, 7) is 2.24. The van der Waals surface area contributed by atoms with Crippen LogP contribution in [0.3, 0.4) is 0 Å². The maximum absolute atomic E-state index is 10.7. The van der Waals surface area contributed by atoms with E-state index in [-0.39, 0.29) is 17.3 Å². The highest BCUT2D eigenvalue weighted by Gasteiger charge is 2.54. The van der Waals surface area contributed by atoms with Crippen LogP contribution in [0.25, 0.3) is 5.70 Å². The highest BCUT2D eigenvalue weighted by atomic mass is 16.6. The molecule has 1 heterocycles. The second-order valence-electron chi connectivity index (χ2n) is 9.01. The lowest BCUT2D eigenvalue weighted by Crippen LogP contribution is -2.43. The number of nitrogens with one attached hydrogen (secondary N) is 1. The number of benzene rings is 1. The molecule has 2 aromatic rings. The van der Waals surface area contributed by atoms with Gasteiger partial charge in [0, 0.05) is 11.8 Å². The number of pyridine rings is 1. The van der Waals surface area contributed by atoms with Crippen LogP contribution in [-0.2, 0) is 0 Å². The number of hydrogen-bond donors (Lipinski definition) is 3. The second-order valence-corrected chi connectivity index (χ2v) is 9.01. The van der Waals surface area contributed by atoms with Gasteiger partial charge in [-0.15, -0.1) is 0 Å². The normalized spacial score (nSPS) is 31.8. The molecule has 30 heavy (non-hydrogen) atoms. The van der Waals surface area contributed by atoms with E-state index in [9.17, 15) is 10.2 Å². The number of aliphatic hydroxyl groups excluding tert-OH is 1. The molecule has 2 saturated carbocycles. The average Bonchev–Trinajstić information content (AvgIpc) is 3.07. The minimum atomic E-state index is -0.240. The molecule has 3 aliphatic carbocycles. The van der Waals surface area contributed by atoms with Crippen molar-refractivity contribution in [2.45, 2.75) is 44.6 Å². The molecular weight excluding hydrogens is 380 g/mol. The Bertz CT molecular complexity index is 977. The fourth-order valence-corrected chi connectivity index (χ4v) is 5.94. The largest absolute Gasteiger partial charge is 0.504 e. The SMILES string of the molecule is COc1cc2c(cc1O)C(NOc1cccnc1)=C[C@@H]1[C@@H]2CC[C@]2(C)[C@@H](O)CC[C@@H]12. The molecular formula is C24H28N2O4. The van der Waals surface area contributed by atoms with E-state index in [0.717, 1.165) is 42.5 Å². The standard InChI is InChI=1S/C24H28N2O4/c1-24-8-7-15-16-12-22(29-2)21(27)11-18(16)20(26-30-14-4-3-9-25-13-14)10-17(15)19(24)5-6-23(24)28/h3-4,9-13,15,17,19,23,26-28H,5-8H2,1-2H3/t15-,17-,19+,23+,24+/m1/s1. The summed E-state index contributed by atoms with van der Waals surface area (Å²) in [5.74, 6) is 2.26. The molecule has 0 unspecified atom stereocenters. The number of phenolic OH excluding ortho intramolecular Hbond substituents is 1. The van der Waals surface area contributed by atoms with E-state index in [1.807, 2.05) is 18.2 Å². The van der Waals surface area contributed by atoms with Crippen molar-refractivity contribution in [2.75, 3.05) is 7.11 Å². The number of fused-ring (bicyclic) bond motifs is 5. The molecule has 3 N–H and O–H groups in total. The summed E-state index contributed by atoms with van der Waals surface area (Å²) in [5.41, 5.74) is 5.98. The van der Waals surface area contributed by atoms with Crippen LogP contribution < -0.4 is 15.1 Å². The van der Waals surface area contributed by atoms with Crippen LogP contribution >= 0.6 is 0 Å². The molecule has 5 rings (SSSR count). The summed E-state index contributed by atoms with van der Waals surface area (Å²) < 4.78 is 5.41. The number of methoxy groups -OCH3 is 1. The van der Waals surface area contributed by atoms with Gasteiger partial charge in [-0.05, 0) is 78.7 Å². The number of aromatic hydroxyl groups is 1. The fourth-order valence-electron chi connectivity index (χ4n) is 5.94. The number of aliphatic hydroxyl groups is 1. The molecule has 1 aromatic carbocycles. The van der Waals surface area contributed by atoms with E-state index in [4.69, 9.17) is 9.57 Å². The van der Waals surface area contributed by atoms with Crippen molar-refractivity contribution in [1.82, 2.24) is 10.5 Å². The van der Waals surface area contributed by atoms with Gasteiger partial charge >= 0.3 is 0 Å². The van der Waals surface area contributed by atoms with E-state index in [2.05, 4.69) is 23.5 Å². The third-order valence-electron chi connectivity index (χ3n) is 7.60. The maximum Gasteiger partial charge on any atom is 0.173 e. The van der Waals surface area contributed by atoms with E-state index < -0.39 is 0 Å². The number of ether oxygens (including phenoxy) is 1. The number of rotatable bonds is 4. The highest BCUT2D eigenvalue weighted by molar-refractivity contribution is 5.73. The van der Waals surface area contributed by atoms with Gasteiger partial charge in [-0.25, -0.2) is 5.48 Å². The Morgan fingerprint density at radius 1 is 1.23 bits per heavy atom. The highest BCUT2D eigenvalue weighted by Crippen LogP contribution is 2.61. The Hall–Kier alpha value is -2.73. The third kappa shape index (κ3) is 2.93. The van der Waals surface area contributed by atoms with Gasteiger partial charge in [0.15, 0.2) is 17.2 Å². The van der Waals surface area contributed by atoms with E-state index in [1.54, 1.807) is 25.6 Å². The third-order valence-corrected chi connectivity index (χ3v) is 7.60. The van der Waals surface area contributed by atoms with Crippen molar-refractivity contribution in [1.29, 1.82) is 0 Å². The zero-order valence-electron chi connectivity index (χ0n) is 17.3. The van der Waals surface area contributed by atoms with Crippen molar-refractivity contribution in [3.63, 3.8) is 0 Å². The quantitative estimate of drug-likeness (QED) is 0.663. The van der Waals surface area contributed by atoms with Crippen LogP contribution in [0.15, 0.2) is 42.7 Å². The van der Waals surface area contributed by atoms with Gasteiger partial charge in [0.2, 0.25) is 0 Å². The Morgan fingerprint density at radius 3 is 2.87 bits per heavy atom. The smallest absolute Gasteiger partial charge is 0.173 e. The zero-order valence-corrected chi connectivity index (χ0v) is 17.3. The molecule has 0 saturated heterocycles. The summed E-state index contributed by atoms with van der Waals surface area (Å²) in [7, 11) is 1.58. The number of nitrogens with zero attached hydrogens (tertiary/aromatic N) is 1. The van der Waals surface area contributed by atoms with Crippen LogP contribution in [-0.4, -0.2) is 28.4 Å². The Labute approximate surface area is 176 Å². The van der Waals surface area contributed by atoms with E-state index in [1.165, 1.54) is 0 Å². The molecule has 0 radical (unpaired) electrons. The molecule has 0 aliphatic heterocycles. The van der Waals surface area contributed by atoms with Crippen LogP contribution in [0.4, 0.5) is 0 Å². The summed E-state index contributed by atoms with van der Waals surface area (Å²) in [4.78, 5) is 9.88. The first-order valence-electron chi connectivity index (χ1n) is 10.7. The Balaban J connectivity index is 1.55. The first-order valence-corrected chi connectivity index (χ1v) is 10.7. The van der Waals surface area contributed by atoms with Crippen molar-refractivity contribution >= 4 is 5.70 Å². The molecule has 3 aliphatic rings. The molecule has 0 spiro atoms. The summed E-state index contributed by atoms with van der Waals surface area (Å²) in [6.07, 6.45) is 9.25. The molecule has 2 fully saturated rings. The number of phenols is 1. The zero-order chi connectivity index (χ0) is 20.9.